The molecule has 5 rings (SSSR count). The fraction of sp³-hybridized carbons (Fsp3) is 0.310. The molecule has 186 valence electrons. The van der Waals surface area contributed by atoms with Crippen LogP contribution in [0.2, 0.25) is 0 Å². The Morgan fingerprint density at radius 3 is 2.39 bits per heavy atom. The van der Waals surface area contributed by atoms with Crippen molar-refractivity contribution >= 4 is 12.2 Å². The summed E-state index contributed by atoms with van der Waals surface area (Å²) < 4.78 is 19.4. The van der Waals surface area contributed by atoms with Crippen molar-refractivity contribution in [3.05, 3.63) is 95.3 Å². The van der Waals surface area contributed by atoms with E-state index in [0.29, 0.717) is 31.7 Å². The number of halogens is 1. The van der Waals surface area contributed by atoms with Gasteiger partial charge in [0.25, 0.3) is 5.91 Å². The minimum absolute atomic E-state index is 0.00809. The molecule has 0 radical (unpaired) electrons. The largest absolute Gasteiger partial charge is 0.347 e. The van der Waals surface area contributed by atoms with Crippen LogP contribution >= 0.6 is 0 Å². The third-order valence-corrected chi connectivity index (χ3v) is 7.03. The Labute approximate surface area is 210 Å². The Bertz CT molecular complexity index is 1210. The molecular weight excluding hydrogens is 457 g/mol. The minimum Gasteiger partial charge on any atom is -0.347 e. The molecule has 3 aromatic rings. The molecule has 0 N–H and O–H groups in total. The van der Waals surface area contributed by atoms with Crippen LogP contribution in [0.3, 0.4) is 0 Å². The summed E-state index contributed by atoms with van der Waals surface area (Å²) in [5, 5.41) is 0. The van der Waals surface area contributed by atoms with Crippen LogP contribution < -0.4 is 0 Å². The molecule has 2 fully saturated rings. The summed E-state index contributed by atoms with van der Waals surface area (Å²) in [4.78, 5) is 31.6. The number of benzene rings is 3. The van der Waals surface area contributed by atoms with E-state index in [9.17, 15) is 14.0 Å². The zero-order valence-electron chi connectivity index (χ0n) is 20.3. The van der Waals surface area contributed by atoms with Crippen LogP contribution in [-0.2, 0) is 16.1 Å². The lowest BCUT2D eigenvalue weighted by Gasteiger charge is -2.33. The maximum absolute atomic E-state index is 13.7. The van der Waals surface area contributed by atoms with Crippen molar-refractivity contribution in [1.29, 1.82) is 0 Å². The number of likely N-dealkylation sites (N-methyl/N-ethyl adjacent to an activating group) is 1. The number of nitrogens with zero attached hydrogens (tertiary/aromatic N) is 3. The Hall–Kier alpha value is -3.39. The number of piperazine rings is 1. The first kappa shape index (κ1) is 24.3. The van der Waals surface area contributed by atoms with E-state index in [4.69, 9.17) is 4.74 Å². The van der Waals surface area contributed by atoms with Crippen LogP contribution in [0.4, 0.5) is 4.39 Å². The maximum atomic E-state index is 13.7. The molecule has 1 amide bonds. The number of hydrogen-bond acceptors (Lipinski definition) is 5. The highest BCUT2D eigenvalue weighted by atomic mass is 19.1. The van der Waals surface area contributed by atoms with Gasteiger partial charge in [0.1, 0.15) is 5.82 Å². The lowest BCUT2D eigenvalue weighted by molar-refractivity contribution is -0.123. The topological polar surface area (TPSA) is 53.1 Å². The van der Waals surface area contributed by atoms with Gasteiger partial charge in [-0.1, -0.05) is 54.6 Å². The molecule has 0 aliphatic carbocycles. The van der Waals surface area contributed by atoms with E-state index in [-0.39, 0.29) is 17.8 Å². The molecule has 0 bridgehead atoms. The van der Waals surface area contributed by atoms with Crippen LogP contribution in [0.1, 0.15) is 27.6 Å². The summed E-state index contributed by atoms with van der Waals surface area (Å²) in [7, 11) is 2.06. The fourth-order valence-electron chi connectivity index (χ4n) is 4.87. The summed E-state index contributed by atoms with van der Waals surface area (Å²) >= 11 is 0. The molecular formula is C29H30FN3O3. The quantitative estimate of drug-likeness (QED) is 0.493. The lowest BCUT2D eigenvalue weighted by Crippen LogP contribution is -2.47. The predicted molar refractivity (Wildman–Crippen MR) is 136 cm³/mol. The molecule has 0 spiro atoms. The molecule has 2 aliphatic rings. The van der Waals surface area contributed by atoms with E-state index in [1.54, 1.807) is 12.1 Å². The Kier molecular flexibility index (Phi) is 7.23. The highest BCUT2D eigenvalue weighted by Gasteiger charge is 2.34. The highest BCUT2D eigenvalue weighted by Crippen LogP contribution is 2.31. The summed E-state index contributed by atoms with van der Waals surface area (Å²) in [5.74, 6) is -0.306. The number of rotatable bonds is 6. The Balaban J connectivity index is 1.43. The SMILES string of the molecule is CN1CCN(C(=O)c2cc(-c3ccccc3)ccc2CN2CC(c3ccc(F)cc3)OC2C=O)CC1. The van der Waals surface area contributed by atoms with Gasteiger partial charge in [0.2, 0.25) is 0 Å². The Morgan fingerprint density at radius 2 is 1.69 bits per heavy atom. The van der Waals surface area contributed by atoms with E-state index in [1.165, 1.54) is 12.1 Å². The van der Waals surface area contributed by atoms with Gasteiger partial charge in [-0.3, -0.25) is 14.5 Å². The van der Waals surface area contributed by atoms with Crippen LogP contribution in [0.5, 0.6) is 0 Å². The van der Waals surface area contributed by atoms with Gasteiger partial charge in [-0.2, -0.15) is 0 Å². The first-order valence-electron chi connectivity index (χ1n) is 12.3. The second-order valence-corrected chi connectivity index (χ2v) is 9.47. The van der Waals surface area contributed by atoms with Crippen LogP contribution in [0.25, 0.3) is 11.1 Å². The third-order valence-electron chi connectivity index (χ3n) is 7.03. The third kappa shape index (κ3) is 5.23. The van der Waals surface area contributed by atoms with Crippen molar-refractivity contribution in [3.63, 3.8) is 0 Å². The van der Waals surface area contributed by atoms with Crippen LogP contribution in [0.15, 0.2) is 72.8 Å². The van der Waals surface area contributed by atoms with E-state index >= 15 is 0 Å². The number of aldehydes is 1. The molecule has 2 aliphatic heterocycles. The molecule has 7 heteroatoms. The Morgan fingerprint density at radius 1 is 0.972 bits per heavy atom. The van der Waals surface area contributed by atoms with Crippen molar-refractivity contribution in [2.45, 2.75) is 18.9 Å². The second-order valence-electron chi connectivity index (χ2n) is 9.47. The number of amides is 1. The zero-order valence-corrected chi connectivity index (χ0v) is 20.3. The average Bonchev–Trinajstić information content (AvgIpc) is 3.32. The van der Waals surface area contributed by atoms with Gasteiger partial charge in [0.15, 0.2) is 12.5 Å². The highest BCUT2D eigenvalue weighted by molar-refractivity contribution is 5.97. The molecule has 2 atom stereocenters. The molecule has 2 unspecified atom stereocenters. The van der Waals surface area contributed by atoms with Gasteiger partial charge in [-0.15, -0.1) is 0 Å². The summed E-state index contributed by atoms with van der Waals surface area (Å²) in [6.45, 7) is 3.90. The van der Waals surface area contributed by atoms with E-state index < -0.39 is 6.23 Å². The smallest absolute Gasteiger partial charge is 0.254 e. The fourth-order valence-corrected chi connectivity index (χ4v) is 4.87. The lowest BCUT2D eigenvalue weighted by atomic mass is 9.97. The normalized spacial score (nSPS) is 21.0. The monoisotopic (exact) mass is 487 g/mol. The average molecular weight is 488 g/mol. The maximum Gasteiger partial charge on any atom is 0.254 e. The first-order chi connectivity index (χ1) is 17.5. The van der Waals surface area contributed by atoms with E-state index in [1.807, 2.05) is 58.3 Å². The van der Waals surface area contributed by atoms with Crippen molar-refractivity contribution in [3.8, 4) is 11.1 Å². The minimum atomic E-state index is -0.736. The second kappa shape index (κ2) is 10.7. The number of ether oxygens (including phenoxy) is 1. The molecule has 2 heterocycles. The summed E-state index contributed by atoms with van der Waals surface area (Å²) in [6.07, 6.45) is -0.300. The molecule has 3 aromatic carbocycles. The number of carbonyl (C=O) groups excluding carboxylic acids is 2. The van der Waals surface area contributed by atoms with Crippen molar-refractivity contribution in [2.24, 2.45) is 0 Å². The number of hydrogen-bond donors (Lipinski definition) is 0. The van der Waals surface area contributed by atoms with Crippen molar-refractivity contribution in [1.82, 2.24) is 14.7 Å². The standard InChI is InChI=1S/C29H30FN3O3/c1-31-13-15-32(16-14-31)29(35)26-17-23(21-5-3-2-4-6-21)7-8-24(26)18-33-19-27(36-28(33)20-34)22-9-11-25(30)12-10-22/h2-12,17,20,27-28H,13-16,18-19H2,1H3. The molecule has 36 heavy (non-hydrogen) atoms. The predicted octanol–water partition coefficient (Wildman–Crippen LogP) is 3.98. The van der Waals surface area contributed by atoms with Gasteiger partial charge in [0, 0.05) is 44.8 Å². The van der Waals surface area contributed by atoms with Crippen LogP contribution in [-0.4, -0.2) is 72.9 Å². The van der Waals surface area contributed by atoms with Gasteiger partial charge in [-0.05, 0) is 47.5 Å². The van der Waals surface area contributed by atoms with Gasteiger partial charge < -0.3 is 14.5 Å². The molecule has 0 aromatic heterocycles. The summed E-state index contributed by atoms with van der Waals surface area (Å²) in [6, 6.07) is 22.1. The molecule has 0 saturated carbocycles. The van der Waals surface area contributed by atoms with E-state index in [0.717, 1.165) is 41.6 Å². The first-order valence-corrected chi connectivity index (χ1v) is 12.3. The van der Waals surface area contributed by atoms with Crippen molar-refractivity contribution in [2.75, 3.05) is 39.8 Å². The van der Waals surface area contributed by atoms with Crippen LogP contribution in [0, 0.1) is 5.82 Å². The molecule has 2 saturated heterocycles. The zero-order chi connectivity index (χ0) is 25.1. The number of carbonyl (C=O) groups is 2. The molecule has 6 nitrogen and oxygen atoms in total. The van der Waals surface area contributed by atoms with Gasteiger partial charge in [-0.25, -0.2) is 4.39 Å². The van der Waals surface area contributed by atoms with Crippen molar-refractivity contribution < 1.29 is 18.7 Å². The van der Waals surface area contributed by atoms with Gasteiger partial charge in [0.05, 0.1) is 6.10 Å². The van der Waals surface area contributed by atoms with E-state index in [2.05, 4.69) is 11.9 Å². The summed E-state index contributed by atoms with van der Waals surface area (Å²) in [5.41, 5.74) is 4.34. The van der Waals surface area contributed by atoms with Gasteiger partial charge >= 0.3 is 0 Å².